The van der Waals surface area contributed by atoms with Crippen LogP contribution in [0, 0.1) is 5.92 Å². The van der Waals surface area contributed by atoms with Crippen LogP contribution in [-0.4, -0.2) is 5.78 Å². The fourth-order valence-electron chi connectivity index (χ4n) is 1.98. The van der Waals surface area contributed by atoms with Crippen LogP contribution >= 0.6 is 0 Å². The van der Waals surface area contributed by atoms with Crippen LogP contribution in [0.4, 0.5) is 0 Å². The summed E-state index contributed by atoms with van der Waals surface area (Å²) in [7, 11) is 0. The molecule has 0 unspecified atom stereocenters. The van der Waals surface area contributed by atoms with E-state index in [1.807, 2.05) is 6.08 Å². The van der Waals surface area contributed by atoms with Crippen molar-refractivity contribution in [2.24, 2.45) is 5.92 Å². The average molecular weight is 224 g/mol. The summed E-state index contributed by atoms with van der Waals surface area (Å²) >= 11 is 0. The maximum Gasteiger partial charge on any atom is 0.129 e. The van der Waals surface area contributed by atoms with Crippen molar-refractivity contribution in [3.05, 3.63) is 12.7 Å². The van der Waals surface area contributed by atoms with E-state index in [1.165, 1.54) is 38.5 Å². The molecule has 0 aromatic rings. The van der Waals surface area contributed by atoms with E-state index < -0.39 is 0 Å². The Morgan fingerprint density at radius 3 is 2.25 bits per heavy atom. The minimum Gasteiger partial charge on any atom is -0.300 e. The van der Waals surface area contributed by atoms with Crippen molar-refractivity contribution in [2.45, 2.75) is 71.6 Å². The Hall–Kier alpha value is -0.590. The smallest absolute Gasteiger partial charge is 0.129 e. The van der Waals surface area contributed by atoms with Gasteiger partial charge >= 0.3 is 0 Å². The monoisotopic (exact) mass is 224 g/mol. The second-order valence-electron chi connectivity index (χ2n) is 4.99. The Labute approximate surface area is 101 Å². The maximum atomic E-state index is 10.7. The summed E-state index contributed by atoms with van der Waals surface area (Å²) in [5.41, 5.74) is 0. The summed E-state index contributed by atoms with van der Waals surface area (Å²) in [6.45, 7) is 7.75. The molecule has 1 heteroatoms. The summed E-state index contributed by atoms with van der Waals surface area (Å²) in [5, 5.41) is 0. The van der Waals surface area contributed by atoms with E-state index in [2.05, 4.69) is 13.5 Å². The lowest BCUT2D eigenvalue weighted by Crippen LogP contribution is -1.92. The Morgan fingerprint density at radius 2 is 1.69 bits per heavy atom. The van der Waals surface area contributed by atoms with Crippen LogP contribution < -0.4 is 0 Å². The van der Waals surface area contributed by atoms with E-state index in [4.69, 9.17) is 0 Å². The van der Waals surface area contributed by atoms with Gasteiger partial charge in [-0.1, -0.05) is 51.5 Å². The van der Waals surface area contributed by atoms with Crippen LogP contribution in [0.2, 0.25) is 0 Å². The number of rotatable bonds is 11. The highest BCUT2D eigenvalue weighted by Gasteiger charge is 1.99. The summed E-state index contributed by atoms with van der Waals surface area (Å²) in [5.74, 6) is 1.13. The number of allylic oxidation sites excluding steroid dienone is 1. The van der Waals surface area contributed by atoms with Crippen molar-refractivity contribution in [1.82, 2.24) is 0 Å². The molecular formula is C15H28O. The number of ketones is 1. The van der Waals surface area contributed by atoms with Gasteiger partial charge in [-0.15, -0.1) is 6.58 Å². The lowest BCUT2D eigenvalue weighted by molar-refractivity contribution is -0.117. The number of carbonyl (C=O) groups excluding carboxylic acids is 1. The molecule has 0 aliphatic rings. The summed E-state index contributed by atoms with van der Waals surface area (Å²) in [6.07, 6.45) is 12.9. The second kappa shape index (κ2) is 10.9. The molecule has 0 bridgehead atoms. The Bertz CT molecular complexity index is 184. The number of hydrogen-bond donors (Lipinski definition) is 0. The Balaban J connectivity index is 3.09. The number of Topliss-reactive ketones (excluding diaryl/α,β-unsaturated/α-hetero) is 1. The van der Waals surface area contributed by atoms with Crippen LogP contribution in [0.5, 0.6) is 0 Å². The van der Waals surface area contributed by atoms with Crippen LogP contribution in [-0.2, 0) is 4.79 Å². The molecule has 0 rings (SSSR count). The third-order valence-electron chi connectivity index (χ3n) is 3.04. The quantitative estimate of drug-likeness (QED) is 0.360. The molecule has 0 saturated carbocycles. The van der Waals surface area contributed by atoms with Crippen molar-refractivity contribution < 1.29 is 4.79 Å². The molecule has 0 aromatic carbocycles. The minimum atomic E-state index is 0.332. The van der Waals surface area contributed by atoms with Gasteiger partial charge in [-0.05, 0) is 25.7 Å². The fourth-order valence-corrected chi connectivity index (χ4v) is 1.98. The van der Waals surface area contributed by atoms with E-state index in [-0.39, 0.29) is 0 Å². The molecule has 0 fully saturated rings. The van der Waals surface area contributed by atoms with Crippen molar-refractivity contribution in [1.29, 1.82) is 0 Å². The Kier molecular flexibility index (Phi) is 10.5. The highest BCUT2D eigenvalue weighted by Crippen LogP contribution is 2.15. The molecule has 0 spiro atoms. The zero-order valence-corrected chi connectivity index (χ0v) is 11.1. The number of unbranched alkanes of at least 4 members (excludes halogenated alkanes) is 5. The molecule has 0 aliphatic carbocycles. The molecule has 0 saturated heterocycles. The van der Waals surface area contributed by atoms with E-state index >= 15 is 0 Å². The molecule has 0 aliphatic heterocycles. The lowest BCUT2D eigenvalue weighted by Gasteiger charge is -2.07. The summed E-state index contributed by atoms with van der Waals surface area (Å²) < 4.78 is 0. The first-order valence-electron chi connectivity index (χ1n) is 6.77. The minimum absolute atomic E-state index is 0.332. The van der Waals surface area contributed by atoms with E-state index in [0.29, 0.717) is 5.78 Å². The molecule has 94 valence electrons. The SMILES string of the molecule is C=CC[C@H](C)CCCCCCCCC(C)=O. The molecule has 16 heavy (non-hydrogen) atoms. The zero-order chi connectivity index (χ0) is 12.2. The first kappa shape index (κ1) is 15.4. The molecule has 0 radical (unpaired) electrons. The van der Waals surface area contributed by atoms with Crippen LogP contribution in [0.25, 0.3) is 0 Å². The van der Waals surface area contributed by atoms with E-state index in [9.17, 15) is 4.79 Å². The van der Waals surface area contributed by atoms with Crippen LogP contribution in [0.15, 0.2) is 12.7 Å². The zero-order valence-electron chi connectivity index (χ0n) is 11.1. The molecular weight excluding hydrogens is 196 g/mol. The van der Waals surface area contributed by atoms with Gasteiger partial charge in [0.05, 0.1) is 0 Å². The highest BCUT2D eigenvalue weighted by atomic mass is 16.1. The molecule has 0 aromatic heterocycles. The van der Waals surface area contributed by atoms with Crippen LogP contribution in [0.3, 0.4) is 0 Å². The van der Waals surface area contributed by atoms with E-state index in [1.54, 1.807) is 6.92 Å². The molecule has 0 N–H and O–H groups in total. The van der Waals surface area contributed by atoms with Crippen LogP contribution in [0.1, 0.15) is 71.6 Å². The largest absolute Gasteiger partial charge is 0.300 e. The molecule has 0 heterocycles. The third-order valence-corrected chi connectivity index (χ3v) is 3.04. The van der Waals surface area contributed by atoms with Gasteiger partial charge in [0.15, 0.2) is 0 Å². The van der Waals surface area contributed by atoms with Gasteiger partial charge < -0.3 is 4.79 Å². The van der Waals surface area contributed by atoms with Gasteiger partial charge in [0.2, 0.25) is 0 Å². The number of hydrogen-bond acceptors (Lipinski definition) is 1. The van der Waals surface area contributed by atoms with Crippen molar-refractivity contribution >= 4 is 5.78 Å². The van der Waals surface area contributed by atoms with Gasteiger partial charge in [0.25, 0.3) is 0 Å². The normalized spacial score (nSPS) is 12.4. The van der Waals surface area contributed by atoms with Crippen molar-refractivity contribution in [3.63, 3.8) is 0 Å². The standard InChI is InChI=1S/C15H28O/c1-4-11-14(2)12-9-7-5-6-8-10-13-15(3)16/h4,14H,1,5-13H2,2-3H3/t14-/m0/s1. The second-order valence-corrected chi connectivity index (χ2v) is 4.99. The molecule has 1 nitrogen and oxygen atoms in total. The summed E-state index contributed by atoms with van der Waals surface area (Å²) in [6, 6.07) is 0. The van der Waals surface area contributed by atoms with Gasteiger partial charge in [-0.25, -0.2) is 0 Å². The fraction of sp³-hybridized carbons (Fsp3) is 0.800. The predicted molar refractivity (Wildman–Crippen MR) is 71.6 cm³/mol. The summed E-state index contributed by atoms with van der Waals surface area (Å²) in [4.78, 5) is 10.7. The van der Waals surface area contributed by atoms with Gasteiger partial charge in [0, 0.05) is 6.42 Å². The maximum absolute atomic E-state index is 10.7. The number of carbonyl (C=O) groups is 1. The molecule has 1 atom stereocenters. The predicted octanol–water partition coefficient (Wildman–Crippen LogP) is 4.91. The first-order chi connectivity index (χ1) is 7.66. The topological polar surface area (TPSA) is 17.1 Å². The van der Waals surface area contributed by atoms with Gasteiger partial charge in [-0.2, -0.15) is 0 Å². The first-order valence-corrected chi connectivity index (χ1v) is 6.77. The van der Waals surface area contributed by atoms with Crippen molar-refractivity contribution in [2.75, 3.05) is 0 Å². The van der Waals surface area contributed by atoms with Gasteiger partial charge in [-0.3, -0.25) is 0 Å². The van der Waals surface area contributed by atoms with Crippen molar-refractivity contribution in [3.8, 4) is 0 Å². The van der Waals surface area contributed by atoms with E-state index in [0.717, 1.165) is 25.2 Å². The third kappa shape index (κ3) is 11.5. The average Bonchev–Trinajstić information content (AvgIpc) is 2.22. The Morgan fingerprint density at radius 1 is 1.12 bits per heavy atom. The van der Waals surface area contributed by atoms with Gasteiger partial charge in [0.1, 0.15) is 5.78 Å². The lowest BCUT2D eigenvalue weighted by atomic mass is 9.99. The highest BCUT2D eigenvalue weighted by molar-refractivity contribution is 5.75. The molecule has 0 amide bonds.